The van der Waals surface area contributed by atoms with Gasteiger partial charge in [0.25, 0.3) is 0 Å². The summed E-state index contributed by atoms with van der Waals surface area (Å²) in [5, 5.41) is 17.2. The molecular formula is C24H28N4O2. The second-order valence-electron chi connectivity index (χ2n) is 7.76. The molecule has 0 spiro atoms. The molecule has 6 heteroatoms. The molecule has 156 valence electrons. The van der Waals surface area contributed by atoms with E-state index in [1.54, 1.807) is 0 Å². The van der Waals surface area contributed by atoms with Crippen LogP contribution in [0.3, 0.4) is 0 Å². The van der Waals surface area contributed by atoms with Crippen LogP contribution in [0, 0.1) is 0 Å². The molecule has 4 rings (SSSR count). The minimum absolute atomic E-state index is 0.0237. The van der Waals surface area contributed by atoms with Crippen molar-refractivity contribution in [2.24, 2.45) is 0 Å². The van der Waals surface area contributed by atoms with E-state index in [1.807, 2.05) is 64.2 Å². The van der Waals surface area contributed by atoms with Gasteiger partial charge in [-0.05, 0) is 37.0 Å². The molecule has 1 saturated carbocycles. The summed E-state index contributed by atoms with van der Waals surface area (Å²) < 4.78 is 1.81. The third-order valence-corrected chi connectivity index (χ3v) is 5.34. The molecule has 1 aromatic heterocycles. The zero-order valence-corrected chi connectivity index (χ0v) is 17.1. The Balaban J connectivity index is 1.43. The number of benzene rings is 2. The first kappa shape index (κ1) is 20.3. The molecule has 2 aromatic carbocycles. The molecule has 0 saturated heterocycles. The molecule has 1 heterocycles. The van der Waals surface area contributed by atoms with Crippen LogP contribution in [0.15, 0.2) is 66.7 Å². The van der Waals surface area contributed by atoms with Gasteiger partial charge in [0.15, 0.2) is 0 Å². The number of para-hydroxylation sites is 1. The number of hydrogen-bond donors (Lipinski definition) is 2. The Morgan fingerprint density at radius 2 is 1.77 bits per heavy atom. The van der Waals surface area contributed by atoms with Gasteiger partial charge in [-0.1, -0.05) is 48.5 Å². The fraction of sp³-hybridized carbons (Fsp3) is 0.333. The highest BCUT2D eigenvalue weighted by Gasteiger charge is 2.28. The van der Waals surface area contributed by atoms with Crippen LogP contribution in [0.5, 0.6) is 0 Å². The summed E-state index contributed by atoms with van der Waals surface area (Å²) in [6, 6.07) is 22.0. The van der Waals surface area contributed by atoms with E-state index in [0.717, 1.165) is 30.6 Å². The molecule has 1 aliphatic rings. The van der Waals surface area contributed by atoms with Gasteiger partial charge < -0.3 is 10.4 Å². The average Bonchev–Trinajstić information content (AvgIpc) is 3.54. The summed E-state index contributed by atoms with van der Waals surface area (Å²) in [4.78, 5) is 14.8. The maximum absolute atomic E-state index is 12.8. The van der Waals surface area contributed by atoms with Crippen molar-refractivity contribution in [3.8, 4) is 5.69 Å². The van der Waals surface area contributed by atoms with Crippen LogP contribution in [0.4, 0.5) is 5.82 Å². The highest BCUT2D eigenvalue weighted by Crippen LogP contribution is 2.40. The molecule has 2 N–H and O–H groups in total. The second kappa shape index (κ2) is 9.69. The Hall–Kier alpha value is -2.96. The summed E-state index contributed by atoms with van der Waals surface area (Å²) >= 11 is 0. The highest BCUT2D eigenvalue weighted by atomic mass is 16.3. The largest absolute Gasteiger partial charge is 0.395 e. The van der Waals surface area contributed by atoms with E-state index in [1.165, 1.54) is 5.56 Å². The zero-order valence-electron chi connectivity index (χ0n) is 17.1. The van der Waals surface area contributed by atoms with E-state index in [-0.39, 0.29) is 19.1 Å². The predicted molar refractivity (Wildman–Crippen MR) is 118 cm³/mol. The van der Waals surface area contributed by atoms with Crippen molar-refractivity contribution < 1.29 is 9.90 Å². The first-order chi connectivity index (χ1) is 14.7. The van der Waals surface area contributed by atoms with Gasteiger partial charge in [-0.2, -0.15) is 5.10 Å². The van der Waals surface area contributed by atoms with Crippen molar-refractivity contribution in [2.45, 2.75) is 25.2 Å². The number of nitrogens with zero attached hydrogens (tertiary/aromatic N) is 3. The van der Waals surface area contributed by atoms with E-state index < -0.39 is 0 Å². The maximum Gasteiger partial charge on any atom is 0.239 e. The van der Waals surface area contributed by atoms with Gasteiger partial charge in [-0.25, -0.2) is 4.68 Å². The van der Waals surface area contributed by atoms with Gasteiger partial charge in [0.05, 0.1) is 24.5 Å². The fourth-order valence-corrected chi connectivity index (χ4v) is 3.56. The van der Waals surface area contributed by atoms with Crippen molar-refractivity contribution in [3.05, 3.63) is 78.0 Å². The van der Waals surface area contributed by atoms with E-state index >= 15 is 0 Å². The highest BCUT2D eigenvalue weighted by molar-refractivity contribution is 5.91. The first-order valence-corrected chi connectivity index (χ1v) is 10.6. The van der Waals surface area contributed by atoms with Crippen LogP contribution in [0.25, 0.3) is 5.69 Å². The van der Waals surface area contributed by atoms with Crippen LogP contribution in [-0.2, 0) is 11.2 Å². The lowest BCUT2D eigenvalue weighted by atomic mass is 10.1. The third kappa shape index (κ3) is 5.34. The van der Waals surface area contributed by atoms with Crippen molar-refractivity contribution >= 4 is 11.7 Å². The minimum atomic E-state index is -0.101. The molecule has 30 heavy (non-hydrogen) atoms. The average molecular weight is 405 g/mol. The van der Waals surface area contributed by atoms with Gasteiger partial charge in [0.1, 0.15) is 5.82 Å². The van der Waals surface area contributed by atoms with Gasteiger partial charge in [-0.3, -0.25) is 9.69 Å². The number of aromatic nitrogens is 2. The van der Waals surface area contributed by atoms with Gasteiger partial charge in [0, 0.05) is 25.1 Å². The topological polar surface area (TPSA) is 70.4 Å². The van der Waals surface area contributed by atoms with Crippen molar-refractivity contribution in [2.75, 3.05) is 31.6 Å². The predicted octanol–water partition coefficient (Wildman–Crippen LogP) is 3.23. The lowest BCUT2D eigenvalue weighted by Gasteiger charge is -2.21. The summed E-state index contributed by atoms with van der Waals surface area (Å²) in [5.74, 6) is 1.10. The number of carbonyl (C=O) groups excluding carboxylic acids is 1. The molecule has 6 nitrogen and oxygen atoms in total. The summed E-state index contributed by atoms with van der Waals surface area (Å²) in [7, 11) is 0. The van der Waals surface area contributed by atoms with Crippen LogP contribution < -0.4 is 5.32 Å². The molecule has 1 fully saturated rings. The summed E-state index contributed by atoms with van der Waals surface area (Å²) in [6.07, 6.45) is 3.15. The Morgan fingerprint density at radius 1 is 1.07 bits per heavy atom. The van der Waals surface area contributed by atoms with Crippen molar-refractivity contribution in [1.29, 1.82) is 0 Å². The van der Waals surface area contributed by atoms with E-state index in [2.05, 4.69) is 17.4 Å². The zero-order chi connectivity index (χ0) is 20.8. The van der Waals surface area contributed by atoms with Crippen LogP contribution >= 0.6 is 0 Å². The number of amides is 1. The molecule has 1 amide bonds. The standard InChI is InChI=1S/C24H28N4O2/c29-16-15-27(14-13-19-7-3-1-4-8-19)18-24(30)25-23-17-22(20-11-12-20)26-28(23)21-9-5-2-6-10-21/h1-10,17,20,29H,11-16,18H2,(H,25,30). The van der Waals surface area contributed by atoms with E-state index in [9.17, 15) is 9.90 Å². The molecule has 0 atom stereocenters. The summed E-state index contributed by atoms with van der Waals surface area (Å²) in [5.41, 5.74) is 3.18. The van der Waals surface area contributed by atoms with Crippen LogP contribution in [0.2, 0.25) is 0 Å². The summed E-state index contributed by atoms with van der Waals surface area (Å²) in [6.45, 7) is 1.43. The molecule has 0 bridgehead atoms. The van der Waals surface area contributed by atoms with Crippen LogP contribution in [0.1, 0.15) is 30.0 Å². The minimum Gasteiger partial charge on any atom is -0.395 e. The maximum atomic E-state index is 12.8. The number of aliphatic hydroxyl groups excluding tert-OH is 1. The molecule has 0 radical (unpaired) electrons. The molecule has 0 aliphatic heterocycles. The monoisotopic (exact) mass is 404 g/mol. The van der Waals surface area contributed by atoms with Gasteiger partial charge in [-0.15, -0.1) is 0 Å². The number of carbonyl (C=O) groups is 1. The number of nitrogens with one attached hydrogen (secondary N) is 1. The molecule has 3 aromatic rings. The third-order valence-electron chi connectivity index (χ3n) is 5.34. The Kier molecular flexibility index (Phi) is 6.57. The lowest BCUT2D eigenvalue weighted by molar-refractivity contribution is -0.117. The fourth-order valence-electron chi connectivity index (χ4n) is 3.56. The van der Waals surface area contributed by atoms with Gasteiger partial charge >= 0.3 is 0 Å². The molecule has 1 aliphatic carbocycles. The lowest BCUT2D eigenvalue weighted by Crippen LogP contribution is -2.37. The second-order valence-corrected chi connectivity index (χ2v) is 7.76. The first-order valence-electron chi connectivity index (χ1n) is 10.6. The Morgan fingerprint density at radius 3 is 2.43 bits per heavy atom. The van der Waals surface area contributed by atoms with Crippen molar-refractivity contribution in [1.82, 2.24) is 14.7 Å². The molecular weight excluding hydrogens is 376 g/mol. The van der Waals surface area contributed by atoms with E-state index in [0.29, 0.717) is 24.8 Å². The van der Waals surface area contributed by atoms with E-state index in [4.69, 9.17) is 5.10 Å². The number of anilines is 1. The quantitative estimate of drug-likeness (QED) is 0.544. The smallest absolute Gasteiger partial charge is 0.239 e. The SMILES string of the molecule is O=C(CN(CCO)CCc1ccccc1)Nc1cc(C2CC2)nn1-c1ccccc1. The normalized spacial score (nSPS) is 13.5. The van der Waals surface area contributed by atoms with Crippen molar-refractivity contribution in [3.63, 3.8) is 0 Å². The Labute approximate surface area is 177 Å². The van der Waals surface area contributed by atoms with Crippen LogP contribution in [-0.4, -0.2) is 51.9 Å². The number of aliphatic hydroxyl groups is 1. The Bertz CT molecular complexity index is 952. The molecule has 0 unspecified atom stereocenters. The number of hydrogen-bond acceptors (Lipinski definition) is 4. The van der Waals surface area contributed by atoms with Gasteiger partial charge in [0.2, 0.25) is 5.91 Å². The number of rotatable bonds is 10.